The summed E-state index contributed by atoms with van der Waals surface area (Å²) in [5, 5.41) is 10.1. The first-order chi connectivity index (χ1) is 6.09. The molecule has 0 fully saturated rings. The average Bonchev–Trinajstić information content (AvgIpc) is 2.31. The number of amides is 1. The second-order valence-electron chi connectivity index (χ2n) is 4.15. The Morgan fingerprint density at radius 1 is 1.23 bits per heavy atom. The molecular weight excluding hydrogens is 164 g/mol. The highest BCUT2D eigenvalue weighted by molar-refractivity contribution is 6.20. The highest BCUT2D eigenvalue weighted by Gasteiger charge is 2.34. The molecule has 1 amide bonds. The predicted octanol–water partition coefficient (Wildman–Crippen LogP) is 1.46. The molecule has 1 aliphatic heterocycles. The minimum Gasteiger partial charge on any atom is -0.307 e. The lowest BCUT2D eigenvalue weighted by Gasteiger charge is -2.25. The van der Waals surface area contributed by atoms with E-state index in [4.69, 9.17) is 5.41 Å². The van der Waals surface area contributed by atoms with E-state index in [0.717, 1.165) is 24.0 Å². The maximum absolute atomic E-state index is 11.4. The molecule has 0 aromatic carbocycles. The number of rotatable bonds is 0. The summed E-state index contributed by atoms with van der Waals surface area (Å²) in [4.78, 5) is 11.4. The lowest BCUT2D eigenvalue weighted by atomic mass is 9.78. The monoisotopic (exact) mass is 178 g/mol. The van der Waals surface area contributed by atoms with Crippen LogP contribution < -0.4 is 5.32 Å². The van der Waals surface area contributed by atoms with Gasteiger partial charge in [-0.25, -0.2) is 0 Å². The first kappa shape index (κ1) is 8.48. The summed E-state index contributed by atoms with van der Waals surface area (Å²) in [6.07, 6.45) is 1.72. The third-order valence-electron chi connectivity index (χ3n) is 3.20. The summed E-state index contributed by atoms with van der Waals surface area (Å²) < 4.78 is 0. The van der Waals surface area contributed by atoms with Crippen LogP contribution >= 0.6 is 0 Å². The van der Waals surface area contributed by atoms with Crippen molar-refractivity contribution in [1.29, 1.82) is 5.41 Å². The fourth-order valence-corrected chi connectivity index (χ4v) is 2.04. The van der Waals surface area contributed by atoms with Gasteiger partial charge in [-0.2, -0.15) is 0 Å². The molecule has 0 saturated carbocycles. The van der Waals surface area contributed by atoms with Crippen LogP contribution in [0.2, 0.25) is 0 Å². The van der Waals surface area contributed by atoms with E-state index in [1.807, 2.05) is 0 Å². The summed E-state index contributed by atoms with van der Waals surface area (Å²) in [6, 6.07) is 0. The summed E-state index contributed by atoms with van der Waals surface area (Å²) in [5.41, 5.74) is 1.81. The van der Waals surface area contributed by atoms with Gasteiger partial charge >= 0.3 is 0 Å². The van der Waals surface area contributed by atoms with Crippen LogP contribution in [0.15, 0.2) is 11.1 Å². The Morgan fingerprint density at radius 2 is 1.77 bits per heavy atom. The molecule has 0 saturated heterocycles. The number of hydrogen-bond donors (Lipinski definition) is 2. The van der Waals surface area contributed by atoms with Crippen molar-refractivity contribution >= 4 is 11.7 Å². The zero-order valence-corrected chi connectivity index (χ0v) is 7.98. The molecule has 2 unspecified atom stereocenters. The molecular formula is C10H14N2O. The van der Waals surface area contributed by atoms with Crippen LogP contribution in [0, 0.1) is 17.2 Å². The van der Waals surface area contributed by atoms with Gasteiger partial charge in [0.25, 0.3) is 5.91 Å². The molecule has 2 aliphatic rings. The van der Waals surface area contributed by atoms with Gasteiger partial charge in [0, 0.05) is 11.1 Å². The van der Waals surface area contributed by atoms with E-state index >= 15 is 0 Å². The molecule has 13 heavy (non-hydrogen) atoms. The first-order valence-corrected chi connectivity index (χ1v) is 4.72. The van der Waals surface area contributed by atoms with E-state index < -0.39 is 0 Å². The summed E-state index contributed by atoms with van der Waals surface area (Å²) in [6.45, 7) is 4.36. The molecule has 1 aliphatic carbocycles. The van der Waals surface area contributed by atoms with Gasteiger partial charge in [0.1, 0.15) is 5.84 Å². The molecule has 3 heteroatoms. The molecule has 2 atom stereocenters. The third-order valence-corrected chi connectivity index (χ3v) is 3.20. The van der Waals surface area contributed by atoms with Crippen LogP contribution in [0.5, 0.6) is 0 Å². The van der Waals surface area contributed by atoms with Gasteiger partial charge in [-0.1, -0.05) is 13.8 Å². The van der Waals surface area contributed by atoms with E-state index in [2.05, 4.69) is 19.2 Å². The topological polar surface area (TPSA) is 53.0 Å². The maximum atomic E-state index is 11.4. The molecule has 2 rings (SSSR count). The lowest BCUT2D eigenvalue weighted by Crippen LogP contribution is -2.22. The Labute approximate surface area is 77.7 Å². The fraction of sp³-hybridized carbons (Fsp3) is 0.600. The smallest absolute Gasteiger partial charge is 0.253 e. The summed E-state index contributed by atoms with van der Waals surface area (Å²) >= 11 is 0. The van der Waals surface area contributed by atoms with Gasteiger partial charge in [-0.3, -0.25) is 10.2 Å². The number of carbonyl (C=O) groups excluding carboxylic acids is 1. The molecule has 0 radical (unpaired) electrons. The molecule has 0 spiro atoms. The molecule has 0 aromatic rings. The molecule has 2 N–H and O–H groups in total. The second-order valence-corrected chi connectivity index (χ2v) is 4.15. The van der Waals surface area contributed by atoms with Gasteiger partial charge in [-0.15, -0.1) is 0 Å². The van der Waals surface area contributed by atoms with Crippen molar-refractivity contribution in [3.8, 4) is 0 Å². The van der Waals surface area contributed by atoms with Crippen molar-refractivity contribution in [1.82, 2.24) is 5.32 Å². The molecule has 3 nitrogen and oxygen atoms in total. The van der Waals surface area contributed by atoms with Crippen molar-refractivity contribution in [2.75, 3.05) is 0 Å². The minimum atomic E-state index is -0.0428. The second kappa shape index (κ2) is 2.69. The standard InChI is InChI=1S/C10H14N2O/c1-5-3-7-8(4-6(5)2)10(13)12-9(7)11/h5-6H,3-4H2,1-2H3,(H2,11,12,13). The van der Waals surface area contributed by atoms with Crippen LogP contribution in [-0.4, -0.2) is 11.7 Å². The predicted molar refractivity (Wildman–Crippen MR) is 50.5 cm³/mol. The van der Waals surface area contributed by atoms with Crippen LogP contribution in [0.1, 0.15) is 26.7 Å². The Bertz CT molecular complexity index is 287. The van der Waals surface area contributed by atoms with E-state index in [-0.39, 0.29) is 5.91 Å². The molecule has 0 bridgehead atoms. The van der Waals surface area contributed by atoms with Gasteiger partial charge in [0.15, 0.2) is 0 Å². The van der Waals surface area contributed by atoms with Crippen molar-refractivity contribution in [3.63, 3.8) is 0 Å². The van der Waals surface area contributed by atoms with Gasteiger partial charge < -0.3 is 5.32 Å². The van der Waals surface area contributed by atoms with Crippen LogP contribution in [0.4, 0.5) is 0 Å². The summed E-state index contributed by atoms with van der Waals surface area (Å²) in [5.74, 6) is 1.44. The maximum Gasteiger partial charge on any atom is 0.253 e. The van der Waals surface area contributed by atoms with E-state index in [0.29, 0.717) is 17.7 Å². The Hall–Kier alpha value is -1.12. The van der Waals surface area contributed by atoms with Gasteiger partial charge in [-0.05, 0) is 24.7 Å². The third kappa shape index (κ3) is 1.19. The average molecular weight is 178 g/mol. The number of carbonyl (C=O) groups is 1. The largest absolute Gasteiger partial charge is 0.307 e. The van der Waals surface area contributed by atoms with E-state index in [1.54, 1.807) is 0 Å². The SMILES string of the molecule is CC1CC2=C(CC1C)C(=O)NC2=N. The van der Waals surface area contributed by atoms with Gasteiger partial charge in [0.05, 0.1) is 0 Å². The van der Waals surface area contributed by atoms with Crippen molar-refractivity contribution in [2.45, 2.75) is 26.7 Å². The van der Waals surface area contributed by atoms with Crippen LogP contribution in [-0.2, 0) is 4.79 Å². The zero-order chi connectivity index (χ0) is 9.59. The van der Waals surface area contributed by atoms with Gasteiger partial charge in [0.2, 0.25) is 0 Å². The summed E-state index contributed by atoms with van der Waals surface area (Å²) in [7, 11) is 0. The zero-order valence-electron chi connectivity index (χ0n) is 7.98. The number of nitrogens with one attached hydrogen (secondary N) is 2. The first-order valence-electron chi connectivity index (χ1n) is 4.72. The Morgan fingerprint density at radius 3 is 2.38 bits per heavy atom. The molecule has 0 aromatic heterocycles. The molecule has 1 heterocycles. The molecule has 70 valence electrons. The van der Waals surface area contributed by atoms with E-state index in [1.165, 1.54) is 0 Å². The highest BCUT2D eigenvalue weighted by atomic mass is 16.2. The van der Waals surface area contributed by atoms with E-state index in [9.17, 15) is 4.79 Å². The van der Waals surface area contributed by atoms with Crippen LogP contribution in [0.3, 0.4) is 0 Å². The highest BCUT2D eigenvalue weighted by Crippen LogP contribution is 2.36. The normalized spacial score (nSPS) is 33.4. The number of hydrogen-bond acceptors (Lipinski definition) is 2. The Balaban J connectivity index is 2.36. The number of amidine groups is 1. The quantitative estimate of drug-likeness (QED) is 0.579. The van der Waals surface area contributed by atoms with Crippen molar-refractivity contribution in [3.05, 3.63) is 11.1 Å². The fourth-order valence-electron chi connectivity index (χ4n) is 2.04. The van der Waals surface area contributed by atoms with Crippen molar-refractivity contribution < 1.29 is 4.79 Å². The van der Waals surface area contributed by atoms with Crippen molar-refractivity contribution in [2.24, 2.45) is 11.8 Å². The Kier molecular flexibility index (Phi) is 1.75. The minimum absolute atomic E-state index is 0.0428. The lowest BCUT2D eigenvalue weighted by molar-refractivity contribution is -0.116. The van der Waals surface area contributed by atoms with Crippen LogP contribution in [0.25, 0.3) is 0 Å².